The fraction of sp³-hybridized carbons (Fsp3) is 0.375. The fourth-order valence-corrected chi connectivity index (χ4v) is 4.47. The summed E-state index contributed by atoms with van der Waals surface area (Å²) in [7, 11) is 4.63. The quantitative estimate of drug-likeness (QED) is 0.425. The summed E-state index contributed by atoms with van der Waals surface area (Å²) in [6.45, 7) is 4.05. The summed E-state index contributed by atoms with van der Waals surface area (Å²) >= 11 is 1.24. The first-order chi connectivity index (χ1) is 16.6. The molecule has 2 heterocycles. The van der Waals surface area contributed by atoms with Crippen molar-refractivity contribution in [1.29, 1.82) is 0 Å². The Morgan fingerprint density at radius 3 is 2.26 bits per heavy atom. The number of thioether (sulfide) groups is 1. The van der Waals surface area contributed by atoms with E-state index in [2.05, 4.69) is 39.4 Å². The van der Waals surface area contributed by atoms with Gasteiger partial charge in [0.25, 0.3) is 5.22 Å². The minimum Gasteiger partial charge on any atom is -0.493 e. The van der Waals surface area contributed by atoms with Crippen molar-refractivity contribution in [2.45, 2.75) is 11.8 Å². The zero-order chi connectivity index (χ0) is 23.9. The van der Waals surface area contributed by atoms with Gasteiger partial charge < -0.3 is 23.5 Å². The second-order valence-electron chi connectivity index (χ2n) is 7.72. The van der Waals surface area contributed by atoms with Crippen molar-refractivity contribution in [2.75, 3.05) is 53.3 Å². The summed E-state index contributed by atoms with van der Waals surface area (Å²) < 4.78 is 21.9. The van der Waals surface area contributed by atoms with E-state index in [0.717, 1.165) is 19.6 Å². The van der Waals surface area contributed by atoms with Crippen LogP contribution in [0.15, 0.2) is 52.1 Å². The third kappa shape index (κ3) is 5.63. The number of piperazine rings is 1. The van der Waals surface area contributed by atoms with Crippen LogP contribution in [-0.4, -0.2) is 79.2 Å². The Hall–Kier alpha value is -3.24. The van der Waals surface area contributed by atoms with Crippen molar-refractivity contribution in [1.82, 2.24) is 20.0 Å². The third-order valence-corrected chi connectivity index (χ3v) is 6.41. The first-order valence-corrected chi connectivity index (χ1v) is 11.9. The van der Waals surface area contributed by atoms with Crippen molar-refractivity contribution < 1.29 is 23.4 Å². The maximum Gasteiger partial charge on any atom is 0.277 e. The minimum atomic E-state index is 0.0666. The van der Waals surface area contributed by atoms with Crippen molar-refractivity contribution in [3.63, 3.8) is 0 Å². The Bertz CT molecular complexity index is 1070. The number of carbonyl (C=O) groups is 1. The molecule has 1 saturated heterocycles. The van der Waals surface area contributed by atoms with Gasteiger partial charge in [-0.3, -0.25) is 9.69 Å². The van der Waals surface area contributed by atoms with Gasteiger partial charge in [-0.15, -0.1) is 10.2 Å². The molecule has 0 spiro atoms. The van der Waals surface area contributed by atoms with Crippen LogP contribution >= 0.6 is 11.8 Å². The van der Waals surface area contributed by atoms with Crippen molar-refractivity contribution >= 4 is 17.7 Å². The van der Waals surface area contributed by atoms with Crippen molar-refractivity contribution in [3.8, 4) is 28.7 Å². The van der Waals surface area contributed by atoms with Gasteiger partial charge in [-0.2, -0.15) is 0 Å². The van der Waals surface area contributed by atoms with E-state index in [1.807, 2.05) is 11.0 Å². The molecule has 1 amide bonds. The normalized spacial score (nSPS) is 14.1. The highest BCUT2D eigenvalue weighted by Crippen LogP contribution is 2.41. The summed E-state index contributed by atoms with van der Waals surface area (Å²) in [6, 6.07) is 13.9. The summed E-state index contributed by atoms with van der Waals surface area (Å²) in [5.41, 5.74) is 1.92. The average Bonchev–Trinajstić information content (AvgIpc) is 3.36. The summed E-state index contributed by atoms with van der Waals surface area (Å²) in [6.07, 6.45) is 0. The predicted octanol–water partition coefficient (Wildman–Crippen LogP) is 3.20. The van der Waals surface area contributed by atoms with Gasteiger partial charge in [-0.25, -0.2) is 0 Å². The molecular formula is C24H28N4O5S. The zero-order valence-electron chi connectivity index (χ0n) is 19.5. The molecule has 1 aliphatic heterocycles. The second kappa shape index (κ2) is 11.3. The van der Waals surface area contributed by atoms with Crippen LogP contribution in [0.1, 0.15) is 5.56 Å². The summed E-state index contributed by atoms with van der Waals surface area (Å²) in [5, 5.41) is 8.52. The van der Waals surface area contributed by atoms with Crippen LogP contribution in [0.2, 0.25) is 0 Å². The van der Waals surface area contributed by atoms with Gasteiger partial charge in [0.2, 0.25) is 17.5 Å². The Balaban J connectivity index is 1.31. The van der Waals surface area contributed by atoms with Crippen LogP contribution in [-0.2, 0) is 11.3 Å². The van der Waals surface area contributed by atoms with Crippen LogP contribution in [0.25, 0.3) is 11.5 Å². The van der Waals surface area contributed by atoms with Crippen LogP contribution in [0, 0.1) is 0 Å². The van der Waals surface area contributed by atoms with E-state index in [-0.39, 0.29) is 11.7 Å². The monoisotopic (exact) mass is 484 g/mol. The standard InChI is InChI=1S/C24H28N4O5S/c1-30-19-13-18(14-20(31-2)22(19)32-3)23-25-26-24(33-23)34-16-21(29)28-11-9-27(10-12-28)15-17-7-5-4-6-8-17/h4-8,13-14H,9-12,15-16H2,1-3H3. The van der Waals surface area contributed by atoms with Gasteiger partial charge in [-0.05, 0) is 17.7 Å². The molecule has 4 rings (SSSR count). The lowest BCUT2D eigenvalue weighted by Crippen LogP contribution is -2.48. The summed E-state index contributed by atoms with van der Waals surface area (Å²) in [5.74, 6) is 2.09. The van der Waals surface area contributed by atoms with Gasteiger partial charge in [0.05, 0.1) is 27.1 Å². The van der Waals surface area contributed by atoms with E-state index in [9.17, 15) is 4.79 Å². The molecule has 34 heavy (non-hydrogen) atoms. The number of hydrogen-bond donors (Lipinski definition) is 0. The number of amides is 1. The number of ether oxygens (including phenoxy) is 3. The van der Waals surface area contributed by atoms with Crippen LogP contribution < -0.4 is 14.2 Å². The van der Waals surface area contributed by atoms with Crippen LogP contribution in [0.4, 0.5) is 0 Å². The smallest absolute Gasteiger partial charge is 0.277 e. The Labute approximate surface area is 203 Å². The molecule has 0 unspecified atom stereocenters. The Morgan fingerprint density at radius 2 is 1.65 bits per heavy atom. The minimum absolute atomic E-state index is 0.0666. The highest BCUT2D eigenvalue weighted by Gasteiger charge is 2.22. The molecule has 0 atom stereocenters. The lowest BCUT2D eigenvalue weighted by atomic mass is 10.2. The van der Waals surface area contributed by atoms with Crippen LogP contribution in [0.3, 0.4) is 0 Å². The molecule has 1 aliphatic rings. The third-order valence-electron chi connectivity index (χ3n) is 5.61. The Kier molecular flexibility index (Phi) is 7.91. The molecule has 1 aromatic heterocycles. The van der Waals surface area contributed by atoms with E-state index in [0.29, 0.717) is 47.0 Å². The SMILES string of the molecule is COc1cc(-c2nnc(SCC(=O)N3CCN(Cc4ccccc4)CC3)o2)cc(OC)c1OC. The average molecular weight is 485 g/mol. The number of carbonyl (C=O) groups excluding carboxylic acids is 1. The molecule has 180 valence electrons. The van der Waals surface area contributed by atoms with Crippen molar-refractivity contribution in [3.05, 3.63) is 48.0 Å². The molecule has 9 nitrogen and oxygen atoms in total. The predicted molar refractivity (Wildman–Crippen MR) is 128 cm³/mol. The number of methoxy groups -OCH3 is 3. The molecule has 0 saturated carbocycles. The lowest BCUT2D eigenvalue weighted by Gasteiger charge is -2.34. The molecular weight excluding hydrogens is 456 g/mol. The van der Waals surface area contributed by atoms with E-state index >= 15 is 0 Å². The second-order valence-corrected chi connectivity index (χ2v) is 8.64. The van der Waals surface area contributed by atoms with Crippen molar-refractivity contribution in [2.24, 2.45) is 0 Å². The van der Waals surface area contributed by atoms with E-state index < -0.39 is 0 Å². The van der Waals surface area contributed by atoms with Gasteiger partial charge in [0, 0.05) is 38.3 Å². The molecule has 3 aromatic rings. The number of rotatable bonds is 9. The fourth-order valence-electron chi connectivity index (χ4n) is 3.80. The number of hydrogen-bond acceptors (Lipinski definition) is 9. The molecule has 10 heteroatoms. The number of benzene rings is 2. The van der Waals surface area contributed by atoms with Crippen LogP contribution in [0.5, 0.6) is 17.2 Å². The first kappa shape index (κ1) is 23.9. The largest absolute Gasteiger partial charge is 0.493 e. The lowest BCUT2D eigenvalue weighted by molar-refractivity contribution is -0.130. The molecule has 2 aromatic carbocycles. The molecule has 0 radical (unpaired) electrons. The van der Waals surface area contributed by atoms with E-state index in [1.165, 1.54) is 17.3 Å². The topological polar surface area (TPSA) is 90.2 Å². The van der Waals surface area contributed by atoms with Gasteiger partial charge in [0.15, 0.2) is 11.5 Å². The molecule has 0 N–H and O–H groups in total. The zero-order valence-corrected chi connectivity index (χ0v) is 20.3. The molecule has 1 fully saturated rings. The van der Waals surface area contributed by atoms with E-state index in [1.54, 1.807) is 33.5 Å². The Morgan fingerprint density at radius 1 is 0.971 bits per heavy atom. The van der Waals surface area contributed by atoms with Gasteiger partial charge in [0.1, 0.15) is 0 Å². The van der Waals surface area contributed by atoms with E-state index in [4.69, 9.17) is 18.6 Å². The number of nitrogens with zero attached hydrogens (tertiary/aromatic N) is 4. The number of aromatic nitrogens is 2. The molecule has 0 aliphatic carbocycles. The first-order valence-electron chi connectivity index (χ1n) is 10.9. The van der Waals surface area contributed by atoms with Gasteiger partial charge in [-0.1, -0.05) is 42.1 Å². The molecule has 0 bridgehead atoms. The maximum absolute atomic E-state index is 12.7. The summed E-state index contributed by atoms with van der Waals surface area (Å²) in [4.78, 5) is 17.0. The highest BCUT2D eigenvalue weighted by molar-refractivity contribution is 7.99. The highest BCUT2D eigenvalue weighted by atomic mass is 32.2. The van der Waals surface area contributed by atoms with Gasteiger partial charge >= 0.3 is 0 Å². The maximum atomic E-state index is 12.7.